The molecule has 1 aromatic heterocycles. The van der Waals surface area contributed by atoms with E-state index in [9.17, 15) is 14.0 Å². The van der Waals surface area contributed by atoms with Gasteiger partial charge in [-0.2, -0.15) is 0 Å². The molecular formula is C25H24ClFN2O3. The standard InChI is InChI=1S/C25H24ClFN2O3/c1-25(2,15-26)24(31)28-20-5-3-4-17(12-20)22-13-18-14-29(11-10-21(18)32-22)23(30)16-6-8-19(27)9-7-16/h3-9,12-13H,10-11,14-15H2,1-2H3,(H,28,31). The zero-order chi connectivity index (χ0) is 22.9. The number of amides is 2. The Labute approximate surface area is 191 Å². The van der Waals surface area contributed by atoms with Gasteiger partial charge in [0, 0.05) is 47.8 Å². The number of carbonyl (C=O) groups excluding carboxylic acids is 2. The Kier molecular flexibility index (Phi) is 6.07. The normalized spacial score (nSPS) is 13.6. The number of benzene rings is 2. The molecule has 4 rings (SSSR count). The van der Waals surface area contributed by atoms with Gasteiger partial charge in [-0.3, -0.25) is 9.59 Å². The van der Waals surface area contributed by atoms with E-state index in [2.05, 4.69) is 5.32 Å². The maximum Gasteiger partial charge on any atom is 0.254 e. The topological polar surface area (TPSA) is 62.6 Å². The van der Waals surface area contributed by atoms with Crippen molar-refractivity contribution in [3.8, 4) is 11.3 Å². The van der Waals surface area contributed by atoms with E-state index >= 15 is 0 Å². The van der Waals surface area contributed by atoms with Gasteiger partial charge in [0.2, 0.25) is 5.91 Å². The molecule has 0 spiro atoms. The quantitative estimate of drug-likeness (QED) is 0.518. The van der Waals surface area contributed by atoms with Crippen LogP contribution in [-0.4, -0.2) is 29.1 Å². The Bertz CT molecular complexity index is 1150. The lowest BCUT2D eigenvalue weighted by atomic mass is 9.95. The molecular weight excluding hydrogens is 431 g/mol. The zero-order valence-corrected chi connectivity index (χ0v) is 18.7. The number of rotatable bonds is 5. The summed E-state index contributed by atoms with van der Waals surface area (Å²) >= 11 is 5.90. The van der Waals surface area contributed by atoms with Crippen molar-refractivity contribution in [3.63, 3.8) is 0 Å². The molecule has 0 saturated carbocycles. The van der Waals surface area contributed by atoms with E-state index in [4.69, 9.17) is 16.0 Å². The van der Waals surface area contributed by atoms with Crippen LogP contribution in [0.1, 0.15) is 35.5 Å². The number of furan rings is 1. The molecule has 0 unspecified atom stereocenters. The minimum absolute atomic E-state index is 0.134. The van der Waals surface area contributed by atoms with Gasteiger partial charge in [-0.25, -0.2) is 4.39 Å². The molecule has 0 fully saturated rings. The zero-order valence-electron chi connectivity index (χ0n) is 18.0. The van der Waals surface area contributed by atoms with Crippen LogP contribution in [0.2, 0.25) is 0 Å². The highest BCUT2D eigenvalue weighted by Crippen LogP contribution is 2.31. The first-order valence-electron chi connectivity index (χ1n) is 10.4. The van der Waals surface area contributed by atoms with Gasteiger partial charge in [0.25, 0.3) is 5.91 Å². The molecule has 3 aromatic rings. The van der Waals surface area contributed by atoms with Crippen LogP contribution in [0, 0.1) is 11.2 Å². The smallest absolute Gasteiger partial charge is 0.254 e. The van der Waals surface area contributed by atoms with Crippen LogP contribution in [0.4, 0.5) is 10.1 Å². The third kappa shape index (κ3) is 4.55. The molecule has 1 aliphatic heterocycles. The molecule has 1 aliphatic rings. The molecule has 2 heterocycles. The Morgan fingerprint density at radius 3 is 2.62 bits per heavy atom. The van der Waals surface area contributed by atoms with E-state index in [0.717, 1.165) is 16.9 Å². The number of nitrogens with one attached hydrogen (secondary N) is 1. The average molecular weight is 455 g/mol. The van der Waals surface area contributed by atoms with Crippen LogP contribution in [-0.2, 0) is 17.8 Å². The van der Waals surface area contributed by atoms with Crippen LogP contribution in [0.25, 0.3) is 11.3 Å². The highest BCUT2D eigenvalue weighted by atomic mass is 35.5. The van der Waals surface area contributed by atoms with Crippen molar-refractivity contribution in [3.05, 3.63) is 77.3 Å². The lowest BCUT2D eigenvalue weighted by molar-refractivity contribution is -0.122. The Morgan fingerprint density at radius 2 is 1.91 bits per heavy atom. The summed E-state index contributed by atoms with van der Waals surface area (Å²) < 4.78 is 19.2. The molecule has 2 amide bonds. The van der Waals surface area contributed by atoms with Crippen LogP contribution in [0.3, 0.4) is 0 Å². The van der Waals surface area contributed by atoms with Crippen molar-refractivity contribution in [1.82, 2.24) is 4.90 Å². The fourth-order valence-electron chi connectivity index (χ4n) is 3.53. The summed E-state index contributed by atoms with van der Waals surface area (Å²) in [5.41, 5.74) is 2.22. The summed E-state index contributed by atoms with van der Waals surface area (Å²) in [6, 6.07) is 14.9. The number of carbonyl (C=O) groups is 2. The molecule has 0 bridgehead atoms. The first-order chi connectivity index (χ1) is 15.3. The van der Waals surface area contributed by atoms with E-state index in [-0.39, 0.29) is 23.5 Å². The number of nitrogens with zero attached hydrogens (tertiary/aromatic N) is 1. The van der Waals surface area contributed by atoms with Gasteiger partial charge in [0.15, 0.2) is 0 Å². The van der Waals surface area contributed by atoms with Crippen LogP contribution < -0.4 is 5.32 Å². The Balaban J connectivity index is 1.51. The van der Waals surface area contributed by atoms with E-state index in [1.54, 1.807) is 18.7 Å². The van der Waals surface area contributed by atoms with Crippen LogP contribution >= 0.6 is 11.6 Å². The van der Waals surface area contributed by atoms with Crippen LogP contribution in [0.5, 0.6) is 0 Å². The average Bonchev–Trinajstić information content (AvgIpc) is 3.23. The minimum atomic E-state index is -0.679. The third-order valence-corrected chi connectivity index (χ3v) is 6.27. The predicted octanol–water partition coefficient (Wildman–Crippen LogP) is 5.49. The van der Waals surface area contributed by atoms with E-state index in [0.29, 0.717) is 36.5 Å². The lowest BCUT2D eigenvalue weighted by Crippen LogP contribution is -2.35. The second-order valence-electron chi connectivity index (χ2n) is 8.60. The van der Waals surface area contributed by atoms with Crippen molar-refractivity contribution in [1.29, 1.82) is 0 Å². The van der Waals surface area contributed by atoms with Gasteiger partial charge in [-0.05, 0) is 56.3 Å². The van der Waals surface area contributed by atoms with Gasteiger partial charge in [-0.15, -0.1) is 11.6 Å². The van der Waals surface area contributed by atoms with Gasteiger partial charge < -0.3 is 14.6 Å². The maximum atomic E-state index is 13.2. The molecule has 7 heteroatoms. The van der Waals surface area contributed by atoms with Gasteiger partial charge in [0.05, 0.1) is 5.41 Å². The summed E-state index contributed by atoms with van der Waals surface area (Å²) in [5, 5.41) is 2.90. The molecule has 0 saturated heterocycles. The Morgan fingerprint density at radius 1 is 1.16 bits per heavy atom. The molecule has 2 aromatic carbocycles. The molecule has 5 nitrogen and oxygen atoms in total. The van der Waals surface area contributed by atoms with Crippen molar-refractivity contribution < 1.29 is 18.4 Å². The highest BCUT2D eigenvalue weighted by Gasteiger charge is 2.27. The minimum Gasteiger partial charge on any atom is -0.461 e. The van der Waals surface area contributed by atoms with Crippen molar-refractivity contribution >= 4 is 29.1 Å². The van der Waals surface area contributed by atoms with E-state index < -0.39 is 5.41 Å². The second kappa shape index (κ2) is 8.79. The van der Waals surface area contributed by atoms with Gasteiger partial charge in [0.1, 0.15) is 17.3 Å². The molecule has 1 N–H and O–H groups in total. The summed E-state index contributed by atoms with van der Waals surface area (Å²) in [5.74, 6) is 1.09. The SMILES string of the molecule is CC(C)(CCl)C(=O)Nc1cccc(-c2cc3c(o2)CCN(C(=O)c2ccc(F)cc2)C3)c1. The fraction of sp³-hybridized carbons (Fsp3) is 0.280. The van der Waals surface area contributed by atoms with Crippen LogP contribution in [0.15, 0.2) is 59.0 Å². The lowest BCUT2D eigenvalue weighted by Gasteiger charge is -2.26. The Hall–Kier alpha value is -3.12. The summed E-state index contributed by atoms with van der Waals surface area (Å²) in [7, 11) is 0. The number of fused-ring (bicyclic) bond motifs is 1. The third-order valence-electron chi connectivity index (χ3n) is 5.60. The molecule has 0 aliphatic carbocycles. The van der Waals surface area contributed by atoms with Crippen molar-refractivity contribution in [2.45, 2.75) is 26.8 Å². The number of hydrogen-bond donors (Lipinski definition) is 1. The first-order valence-corrected chi connectivity index (χ1v) is 10.9. The predicted molar refractivity (Wildman–Crippen MR) is 122 cm³/mol. The van der Waals surface area contributed by atoms with Crippen molar-refractivity contribution in [2.75, 3.05) is 17.7 Å². The molecule has 32 heavy (non-hydrogen) atoms. The number of alkyl halides is 1. The fourth-order valence-corrected chi connectivity index (χ4v) is 3.66. The molecule has 0 atom stereocenters. The number of anilines is 1. The summed E-state index contributed by atoms with van der Waals surface area (Å²) in [6.45, 7) is 4.53. The van der Waals surface area contributed by atoms with Crippen molar-refractivity contribution in [2.24, 2.45) is 5.41 Å². The largest absolute Gasteiger partial charge is 0.461 e. The molecule has 166 valence electrons. The number of hydrogen-bond acceptors (Lipinski definition) is 3. The first kappa shape index (κ1) is 22.1. The van der Waals surface area contributed by atoms with E-state index in [1.807, 2.05) is 30.3 Å². The highest BCUT2D eigenvalue weighted by molar-refractivity contribution is 6.20. The maximum absolute atomic E-state index is 13.2. The summed E-state index contributed by atoms with van der Waals surface area (Å²) in [4.78, 5) is 26.9. The van der Waals surface area contributed by atoms with Gasteiger partial charge in [-0.1, -0.05) is 12.1 Å². The molecule has 0 radical (unpaired) electrons. The second-order valence-corrected chi connectivity index (χ2v) is 8.86. The van der Waals surface area contributed by atoms with E-state index in [1.165, 1.54) is 24.3 Å². The van der Waals surface area contributed by atoms with Gasteiger partial charge >= 0.3 is 0 Å². The monoisotopic (exact) mass is 454 g/mol. The summed E-state index contributed by atoms with van der Waals surface area (Å²) in [6.07, 6.45) is 0.600. The number of halogens is 2.